The Hall–Kier alpha value is -1.45. The van der Waals surface area contributed by atoms with Crippen LogP contribution in [0.5, 0.6) is 0 Å². The third kappa shape index (κ3) is 4.10. The van der Waals surface area contributed by atoms with E-state index in [2.05, 4.69) is 0 Å². The minimum Gasteiger partial charge on any atom is -0.465 e. The molecule has 1 atom stereocenters. The number of esters is 2. The molecule has 1 aliphatic rings. The number of thiocarbonyl (C=S) groups is 1. The lowest BCUT2D eigenvalue weighted by atomic mass is 9.85. The minimum atomic E-state index is -3.58. The van der Waals surface area contributed by atoms with E-state index in [1.807, 2.05) is 0 Å². The lowest BCUT2D eigenvalue weighted by Gasteiger charge is -2.23. The van der Waals surface area contributed by atoms with Crippen LogP contribution in [0.4, 0.5) is 0 Å². The first-order chi connectivity index (χ1) is 12.3. The molecule has 1 aliphatic heterocycles. The SMILES string of the molecule is CCOC(=O)C1(C(=O)OCC)CC(CS(=O)(=O)c2ccccc2)SC1=S. The van der Waals surface area contributed by atoms with Crippen molar-refractivity contribution >= 4 is 50.0 Å². The highest BCUT2D eigenvalue weighted by Crippen LogP contribution is 2.46. The van der Waals surface area contributed by atoms with E-state index in [0.717, 1.165) is 11.8 Å². The summed E-state index contributed by atoms with van der Waals surface area (Å²) in [4.78, 5) is 25.2. The second kappa shape index (κ2) is 8.49. The zero-order valence-corrected chi connectivity index (χ0v) is 16.9. The van der Waals surface area contributed by atoms with Crippen molar-refractivity contribution in [3.05, 3.63) is 30.3 Å². The molecule has 1 saturated heterocycles. The maximum atomic E-state index is 12.6. The number of sulfone groups is 1. The van der Waals surface area contributed by atoms with E-state index in [1.165, 1.54) is 12.1 Å². The molecule has 0 bridgehead atoms. The van der Waals surface area contributed by atoms with Crippen molar-refractivity contribution in [2.45, 2.75) is 30.4 Å². The standard InChI is InChI=1S/C17H20O6S3/c1-3-22-14(18)17(15(19)23-4-2)10-12(25-16(17)24)11-26(20,21)13-8-6-5-7-9-13/h5-9,12H,3-4,10-11H2,1-2H3. The van der Waals surface area contributed by atoms with Crippen molar-refractivity contribution in [1.82, 2.24) is 0 Å². The Labute approximate surface area is 162 Å². The maximum absolute atomic E-state index is 12.6. The maximum Gasteiger partial charge on any atom is 0.329 e. The number of benzene rings is 1. The summed E-state index contributed by atoms with van der Waals surface area (Å²) in [5.41, 5.74) is -1.73. The van der Waals surface area contributed by atoms with E-state index in [4.69, 9.17) is 21.7 Å². The van der Waals surface area contributed by atoms with Crippen LogP contribution in [-0.4, -0.2) is 48.8 Å². The summed E-state index contributed by atoms with van der Waals surface area (Å²) in [6, 6.07) is 8.03. The fourth-order valence-electron chi connectivity index (χ4n) is 2.71. The predicted molar refractivity (Wildman–Crippen MR) is 103 cm³/mol. The molecule has 0 aliphatic carbocycles. The largest absolute Gasteiger partial charge is 0.465 e. The van der Waals surface area contributed by atoms with Crippen LogP contribution in [0.1, 0.15) is 20.3 Å². The average Bonchev–Trinajstić information content (AvgIpc) is 2.92. The molecule has 142 valence electrons. The first-order valence-electron chi connectivity index (χ1n) is 8.11. The molecule has 1 fully saturated rings. The van der Waals surface area contributed by atoms with Gasteiger partial charge in [-0.1, -0.05) is 30.4 Å². The fourth-order valence-corrected chi connectivity index (χ4v) is 6.63. The van der Waals surface area contributed by atoms with Crippen LogP contribution in [0.25, 0.3) is 0 Å². The molecule has 6 nitrogen and oxygen atoms in total. The monoisotopic (exact) mass is 416 g/mol. The molecule has 26 heavy (non-hydrogen) atoms. The number of carbonyl (C=O) groups is 2. The highest BCUT2D eigenvalue weighted by atomic mass is 32.2. The summed E-state index contributed by atoms with van der Waals surface area (Å²) in [6.07, 6.45) is -0.0553. The second-order valence-corrected chi connectivity index (χ2v) is 9.68. The number of thioether (sulfide) groups is 1. The van der Waals surface area contributed by atoms with Crippen LogP contribution in [0, 0.1) is 5.41 Å². The van der Waals surface area contributed by atoms with Crippen molar-refractivity contribution < 1.29 is 27.5 Å². The van der Waals surface area contributed by atoms with Crippen molar-refractivity contribution in [3.8, 4) is 0 Å². The molecule has 0 radical (unpaired) electrons. The first kappa shape index (κ1) is 20.9. The lowest BCUT2D eigenvalue weighted by Crippen LogP contribution is -2.45. The van der Waals surface area contributed by atoms with Crippen LogP contribution in [0.3, 0.4) is 0 Å². The highest BCUT2D eigenvalue weighted by Gasteiger charge is 2.59. The molecule has 2 rings (SSSR count). The van der Waals surface area contributed by atoms with Gasteiger partial charge in [0.2, 0.25) is 5.41 Å². The van der Waals surface area contributed by atoms with Gasteiger partial charge >= 0.3 is 11.9 Å². The lowest BCUT2D eigenvalue weighted by molar-refractivity contribution is -0.166. The summed E-state index contributed by atoms with van der Waals surface area (Å²) in [7, 11) is -3.58. The Morgan fingerprint density at radius 3 is 2.19 bits per heavy atom. The van der Waals surface area contributed by atoms with E-state index in [0.29, 0.717) is 0 Å². The molecule has 1 aromatic carbocycles. The molecule has 0 saturated carbocycles. The second-order valence-electron chi connectivity index (χ2n) is 5.67. The van der Waals surface area contributed by atoms with E-state index in [1.54, 1.807) is 32.0 Å². The number of rotatable bonds is 7. The summed E-state index contributed by atoms with van der Waals surface area (Å²) in [5, 5.41) is -0.540. The zero-order valence-electron chi connectivity index (χ0n) is 14.5. The third-order valence-electron chi connectivity index (χ3n) is 3.91. The van der Waals surface area contributed by atoms with Gasteiger partial charge in [0, 0.05) is 5.25 Å². The molecule has 9 heteroatoms. The average molecular weight is 417 g/mol. The summed E-state index contributed by atoms with van der Waals surface area (Å²) >= 11 is 6.34. The Bertz CT molecular complexity index is 770. The summed E-state index contributed by atoms with van der Waals surface area (Å²) < 4.78 is 35.4. The van der Waals surface area contributed by atoms with Gasteiger partial charge in [0.25, 0.3) is 0 Å². The topological polar surface area (TPSA) is 86.7 Å². The quantitative estimate of drug-likeness (QED) is 0.380. The van der Waals surface area contributed by atoms with Gasteiger partial charge in [0.1, 0.15) is 0 Å². The van der Waals surface area contributed by atoms with Gasteiger partial charge in [-0.25, -0.2) is 8.42 Å². The van der Waals surface area contributed by atoms with Crippen LogP contribution >= 0.6 is 24.0 Å². The highest BCUT2D eigenvalue weighted by molar-refractivity contribution is 8.24. The van der Waals surface area contributed by atoms with Crippen molar-refractivity contribution in [2.75, 3.05) is 19.0 Å². The molecule has 0 aromatic heterocycles. The van der Waals surface area contributed by atoms with E-state index in [9.17, 15) is 18.0 Å². The Morgan fingerprint density at radius 1 is 1.15 bits per heavy atom. The van der Waals surface area contributed by atoms with Crippen molar-refractivity contribution in [1.29, 1.82) is 0 Å². The Kier molecular flexibility index (Phi) is 6.81. The Balaban J connectivity index is 2.28. The van der Waals surface area contributed by atoms with Gasteiger partial charge in [0.15, 0.2) is 9.84 Å². The molecular formula is C17H20O6S3. The molecule has 0 spiro atoms. The summed E-state index contributed by atoms with van der Waals surface area (Å²) in [6.45, 7) is 3.42. The molecule has 1 aromatic rings. The van der Waals surface area contributed by atoms with E-state index >= 15 is 0 Å². The molecular weight excluding hydrogens is 396 g/mol. The van der Waals surface area contributed by atoms with Gasteiger partial charge in [-0.05, 0) is 32.4 Å². The Morgan fingerprint density at radius 2 is 1.69 bits per heavy atom. The van der Waals surface area contributed by atoms with Crippen LogP contribution in [0.2, 0.25) is 0 Å². The van der Waals surface area contributed by atoms with Gasteiger partial charge in [-0.15, -0.1) is 11.8 Å². The van der Waals surface area contributed by atoms with Crippen LogP contribution in [0.15, 0.2) is 35.2 Å². The van der Waals surface area contributed by atoms with Crippen molar-refractivity contribution in [3.63, 3.8) is 0 Å². The minimum absolute atomic E-state index is 0.0553. The first-order valence-corrected chi connectivity index (χ1v) is 11.0. The third-order valence-corrected chi connectivity index (χ3v) is 7.82. The van der Waals surface area contributed by atoms with E-state index < -0.39 is 32.4 Å². The molecule has 1 heterocycles. The van der Waals surface area contributed by atoms with Gasteiger partial charge < -0.3 is 9.47 Å². The normalized spacial score (nSPS) is 19.2. The van der Waals surface area contributed by atoms with Crippen LogP contribution in [-0.2, 0) is 28.9 Å². The van der Waals surface area contributed by atoms with Gasteiger partial charge in [0.05, 0.1) is 28.1 Å². The number of hydrogen-bond donors (Lipinski definition) is 0. The number of carbonyl (C=O) groups excluding carboxylic acids is 2. The fraction of sp³-hybridized carbons (Fsp3) is 0.471. The van der Waals surface area contributed by atoms with Crippen molar-refractivity contribution in [2.24, 2.45) is 5.41 Å². The number of ether oxygens (including phenoxy) is 2. The number of hydrogen-bond acceptors (Lipinski definition) is 8. The summed E-state index contributed by atoms with van der Waals surface area (Å²) in [5.74, 6) is -1.80. The zero-order chi connectivity index (χ0) is 19.4. The molecule has 0 amide bonds. The molecule has 0 N–H and O–H groups in total. The van der Waals surface area contributed by atoms with Crippen LogP contribution < -0.4 is 0 Å². The molecule has 1 unspecified atom stereocenters. The van der Waals surface area contributed by atoms with Gasteiger partial charge in [-0.2, -0.15) is 0 Å². The smallest absolute Gasteiger partial charge is 0.329 e. The van der Waals surface area contributed by atoms with E-state index in [-0.39, 0.29) is 34.5 Å². The van der Waals surface area contributed by atoms with Gasteiger partial charge in [-0.3, -0.25) is 9.59 Å². The predicted octanol–water partition coefficient (Wildman–Crippen LogP) is 2.41.